The fourth-order valence-corrected chi connectivity index (χ4v) is 1.67. The second kappa shape index (κ2) is 4.43. The summed E-state index contributed by atoms with van der Waals surface area (Å²) in [6.45, 7) is 7.32. The number of allylic oxidation sites excluding steroid dienone is 3. The van der Waals surface area contributed by atoms with Crippen molar-refractivity contribution < 1.29 is 14.3 Å². The highest BCUT2D eigenvalue weighted by Crippen LogP contribution is 2.32. The molecule has 0 saturated heterocycles. The molecule has 1 rings (SSSR count). The molecule has 82 valence electrons. The van der Waals surface area contributed by atoms with Crippen LogP contribution in [-0.4, -0.2) is 18.4 Å². The molecular formula is C12H16O3. The Bertz CT molecular complexity index is 361. The van der Waals surface area contributed by atoms with Crippen molar-refractivity contribution in [1.29, 1.82) is 0 Å². The van der Waals surface area contributed by atoms with Crippen LogP contribution in [0.4, 0.5) is 0 Å². The maximum atomic E-state index is 11.7. The van der Waals surface area contributed by atoms with Gasteiger partial charge in [0.15, 0.2) is 5.78 Å². The molecule has 0 fully saturated rings. The van der Waals surface area contributed by atoms with Crippen LogP contribution in [0.25, 0.3) is 0 Å². The fraction of sp³-hybridized carbons (Fsp3) is 0.500. The average molecular weight is 208 g/mol. The van der Waals surface area contributed by atoms with Gasteiger partial charge in [-0.15, -0.1) is 0 Å². The molecule has 3 heteroatoms. The van der Waals surface area contributed by atoms with E-state index in [9.17, 15) is 9.59 Å². The first-order chi connectivity index (χ1) is 6.95. The summed E-state index contributed by atoms with van der Waals surface area (Å²) in [5, 5.41) is 0. The summed E-state index contributed by atoms with van der Waals surface area (Å²) < 4.78 is 4.78. The average Bonchev–Trinajstić information content (AvgIpc) is 2.34. The van der Waals surface area contributed by atoms with Crippen molar-refractivity contribution >= 4 is 11.8 Å². The molecule has 0 unspecified atom stereocenters. The van der Waals surface area contributed by atoms with Gasteiger partial charge in [-0.25, -0.2) is 0 Å². The molecule has 0 aliphatic heterocycles. The second-order valence-electron chi connectivity index (χ2n) is 3.82. The second-order valence-corrected chi connectivity index (χ2v) is 3.82. The Morgan fingerprint density at radius 1 is 1.47 bits per heavy atom. The van der Waals surface area contributed by atoms with E-state index in [1.807, 2.05) is 20.8 Å². The van der Waals surface area contributed by atoms with Crippen LogP contribution in [-0.2, 0) is 14.3 Å². The lowest BCUT2D eigenvalue weighted by molar-refractivity contribution is -0.139. The summed E-state index contributed by atoms with van der Waals surface area (Å²) in [4.78, 5) is 22.3. The van der Waals surface area contributed by atoms with Crippen LogP contribution in [0, 0.1) is 5.92 Å². The van der Waals surface area contributed by atoms with E-state index in [2.05, 4.69) is 0 Å². The minimum Gasteiger partial charge on any atom is -0.462 e. The molecule has 0 N–H and O–H groups in total. The number of carbonyl (C=O) groups is 2. The number of Topliss-reactive ketones (excluding diaryl/α,β-unsaturated/α-hetero) is 1. The van der Waals surface area contributed by atoms with Gasteiger partial charge in [-0.05, 0) is 25.5 Å². The third kappa shape index (κ3) is 2.35. The standard InChI is InChI=1S/C12H16O3/c1-7-8(2)11(12(14)9(7)3)5-6-15-10(4)13/h5,8H,6H2,1-4H3/b11-5+/t8-/m0/s1. The van der Waals surface area contributed by atoms with Gasteiger partial charge in [0.25, 0.3) is 0 Å². The zero-order valence-electron chi connectivity index (χ0n) is 9.59. The highest BCUT2D eigenvalue weighted by molar-refractivity contribution is 6.11. The van der Waals surface area contributed by atoms with Crippen LogP contribution in [0.1, 0.15) is 27.7 Å². The number of hydrogen-bond acceptors (Lipinski definition) is 3. The lowest BCUT2D eigenvalue weighted by atomic mass is 10.00. The van der Waals surface area contributed by atoms with Gasteiger partial charge in [0, 0.05) is 18.4 Å². The highest BCUT2D eigenvalue weighted by Gasteiger charge is 2.28. The third-order valence-electron chi connectivity index (χ3n) is 2.90. The predicted molar refractivity (Wildman–Crippen MR) is 57.3 cm³/mol. The fourth-order valence-electron chi connectivity index (χ4n) is 1.67. The van der Waals surface area contributed by atoms with Gasteiger partial charge in [-0.2, -0.15) is 0 Å². The molecule has 0 bridgehead atoms. The maximum Gasteiger partial charge on any atom is 0.302 e. The van der Waals surface area contributed by atoms with Crippen molar-refractivity contribution in [2.75, 3.05) is 6.61 Å². The van der Waals surface area contributed by atoms with Crippen LogP contribution in [0.15, 0.2) is 22.8 Å². The molecule has 1 aliphatic carbocycles. The number of hydrogen-bond donors (Lipinski definition) is 0. The van der Waals surface area contributed by atoms with Crippen molar-refractivity contribution in [2.24, 2.45) is 5.92 Å². The van der Waals surface area contributed by atoms with E-state index in [0.717, 1.165) is 16.7 Å². The van der Waals surface area contributed by atoms with Crippen molar-refractivity contribution in [1.82, 2.24) is 0 Å². The first kappa shape index (κ1) is 11.7. The van der Waals surface area contributed by atoms with Crippen molar-refractivity contribution in [2.45, 2.75) is 27.7 Å². The van der Waals surface area contributed by atoms with Crippen molar-refractivity contribution in [3.05, 3.63) is 22.8 Å². The van der Waals surface area contributed by atoms with Gasteiger partial charge in [-0.3, -0.25) is 9.59 Å². The number of ether oxygens (including phenoxy) is 1. The first-order valence-electron chi connectivity index (χ1n) is 5.00. The van der Waals surface area contributed by atoms with E-state index in [0.29, 0.717) is 0 Å². The number of rotatable bonds is 2. The topological polar surface area (TPSA) is 43.4 Å². The molecule has 0 amide bonds. The Labute approximate surface area is 89.8 Å². The van der Waals surface area contributed by atoms with Crippen molar-refractivity contribution in [3.8, 4) is 0 Å². The Balaban J connectivity index is 2.74. The summed E-state index contributed by atoms with van der Waals surface area (Å²) in [6, 6.07) is 0. The molecule has 0 radical (unpaired) electrons. The summed E-state index contributed by atoms with van der Waals surface area (Å²) >= 11 is 0. The maximum absolute atomic E-state index is 11.7. The highest BCUT2D eigenvalue weighted by atomic mass is 16.5. The van der Waals surface area contributed by atoms with E-state index in [-0.39, 0.29) is 24.3 Å². The molecule has 0 aromatic heterocycles. The molecule has 0 aromatic rings. The van der Waals surface area contributed by atoms with Gasteiger partial charge in [-0.1, -0.05) is 12.5 Å². The largest absolute Gasteiger partial charge is 0.462 e. The number of carbonyl (C=O) groups excluding carboxylic acids is 2. The lowest BCUT2D eigenvalue weighted by Gasteiger charge is -2.06. The van der Waals surface area contributed by atoms with E-state index >= 15 is 0 Å². The van der Waals surface area contributed by atoms with Crippen molar-refractivity contribution in [3.63, 3.8) is 0 Å². The summed E-state index contributed by atoms with van der Waals surface area (Å²) in [5.41, 5.74) is 2.66. The molecular weight excluding hydrogens is 192 g/mol. The third-order valence-corrected chi connectivity index (χ3v) is 2.90. The van der Waals surface area contributed by atoms with Gasteiger partial charge in [0.1, 0.15) is 6.61 Å². The SMILES string of the molecule is CC(=O)OC/C=C1/C(=O)C(C)=C(C)[C@@H]1C. The normalized spacial score (nSPS) is 23.9. The molecule has 0 aromatic carbocycles. The zero-order valence-corrected chi connectivity index (χ0v) is 9.59. The Hall–Kier alpha value is -1.38. The molecule has 0 saturated carbocycles. The van der Waals surface area contributed by atoms with Crippen LogP contribution in [0.3, 0.4) is 0 Å². The lowest BCUT2D eigenvalue weighted by Crippen LogP contribution is -2.05. The zero-order chi connectivity index (χ0) is 11.6. The Kier molecular flexibility index (Phi) is 3.45. The van der Waals surface area contributed by atoms with Gasteiger partial charge in [0.05, 0.1) is 0 Å². The molecule has 1 aliphatic rings. The Morgan fingerprint density at radius 3 is 2.47 bits per heavy atom. The van der Waals surface area contributed by atoms with E-state index in [1.165, 1.54) is 6.92 Å². The summed E-state index contributed by atoms with van der Waals surface area (Å²) in [6.07, 6.45) is 1.70. The minimum atomic E-state index is -0.327. The first-order valence-corrected chi connectivity index (χ1v) is 5.00. The van der Waals surface area contributed by atoms with Gasteiger partial charge >= 0.3 is 5.97 Å². The molecule has 0 heterocycles. The van der Waals surface area contributed by atoms with E-state index < -0.39 is 0 Å². The number of ketones is 1. The summed E-state index contributed by atoms with van der Waals surface area (Å²) in [7, 11) is 0. The van der Waals surface area contributed by atoms with Crippen LogP contribution in [0.2, 0.25) is 0 Å². The Morgan fingerprint density at radius 2 is 2.07 bits per heavy atom. The smallest absolute Gasteiger partial charge is 0.302 e. The van der Waals surface area contributed by atoms with E-state index in [4.69, 9.17) is 4.74 Å². The molecule has 15 heavy (non-hydrogen) atoms. The van der Waals surface area contributed by atoms with E-state index in [1.54, 1.807) is 6.08 Å². The minimum absolute atomic E-state index is 0.0761. The molecule has 3 nitrogen and oxygen atoms in total. The summed E-state index contributed by atoms with van der Waals surface area (Å²) in [5.74, 6) is -0.105. The number of esters is 1. The monoisotopic (exact) mass is 208 g/mol. The molecule has 0 spiro atoms. The van der Waals surface area contributed by atoms with Crippen LogP contribution >= 0.6 is 0 Å². The van der Waals surface area contributed by atoms with Crippen LogP contribution < -0.4 is 0 Å². The quantitative estimate of drug-likeness (QED) is 0.515. The molecule has 1 atom stereocenters. The van der Waals surface area contributed by atoms with Gasteiger partial charge < -0.3 is 4.74 Å². The predicted octanol–water partition coefficient (Wildman–Crippen LogP) is 2.03. The van der Waals surface area contributed by atoms with Crippen LogP contribution in [0.5, 0.6) is 0 Å². The van der Waals surface area contributed by atoms with Gasteiger partial charge in [0.2, 0.25) is 0 Å².